The molecule has 0 heterocycles. The van der Waals surface area contributed by atoms with E-state index in [0.29, 0.717) is 0 Å². The Balaban J connectivity index is 1.25. The van der Waals surface area contributed by atoms with Crippen LogP contribution in [0.15, 0.2) is 237 Å². The molecule has 0 N–H and O–H groups in total. The first-order valence-electron chi connectivity index (χ1n) is 20.1. The van der Waals surface area contributed by atoms with Crippen molar-refractivity contribution in [3.8, 4) is 33.4 Å². The van der Waals surface area contributed by atoms with Gasteiger partial charge in [-0.15, -0.1) is 0 Å². The summed E-state index contributed by atoms with van der Waals surface area (Å²) >= 11 is 0. The minimum Gasteiger partial charge on any atom is -0.310 e. The van der Waals surface area contributed by atoms with Gasteiger partial charge in [0, 0.05) is 16.8 Å². The molecule has 0 fully saturated rings. The van der Waals surface area contributed by atoms with Gasteiger partial charge < -0.3 is 4.90 Å². The molecule has 1 heteroatoms. The van der Waals surface area contributed by atoms with Gasteiger partial charge in [-0.05, 0) is 108 Å². The monoisotopic (exact) mass is 737 g/mol. The topological polar surface area (TPSA) is 3.24 Å². The van der Waals surface area contributed by atoms with Crippen molar-refractivity contribution in [3.63, 3.8) is 0 Å². The molecular weight excluding hydrogens is 699 g/mol. The third kappa shape index (κ3) is 5.39. The Morgan fingerprint density at radius 2 is 0.793 bits per heavy atom. The molecule has 1 aliphatic carbocycles. The van der Waals surface area contributed by atoms with Crippen molar-refractivity contribution in [3.05, 3.63) is 259 Å². The number of rotatable bonds is 7. The smallest absolute Gasteiger partial charge is 0.0714 e. The second kappa shape index (κ2) is 13.9. The lowest BCUT2D eigenvalue weighted by molar-refractivity contribution is 0.768. The predicted molar refractivity (Wildman–Crippen MR) is 244 cm³/mol. The van der Waals surface area contributed by atoms with Gasteiger partial charge in [-0.2, -0.15) is 0 Å². The lowest BCUT2D eigenvalue weighted by Gasteiger charge is -2.35. The van der Waals surface area contributed by atoms with Gasteiger partial charge in [-0.1, -0.05) is 200 Å². The van der Waals surface area contributed by atoms with Crippen LogP contribution >= 0.6 is 0 Å². The minimum atomic E-state index is -0.525. The Bertz CT molecular complexity index is 3000. The van der Waals surface area contributed by atoms with Crippen molar-refractivity contribution in [1.82, 2.24) is 0 Å². The van der Waals surface area contributed by atoms with E-state index < -0.39 is 5.41 Å². The summed E-state index contributed by atoms with van der Waals surface area (Å²) in [5, 5.41) is 4.90. The Kier molecular flexibility index (Phi) is 8.12. The first-order valence-corrected chi connectivity index (χ1v) is 20.1. The Labute approximate surface area is 339 Å². The summed E-state index contributed by atoms with van der Waals surface area (Å²) in [6.45, 7) is 0. The summed E-state index contributed by atoms with van der Waals surface area (Å²) in [4.78, 5) is 2.51. The van der Waals surface area contributed by atoms with E-state index in [0.717, 1.165) is 17.1 Å². The summed E-state index contributed by atoms with van der Waals surface area (Å²) < 4.78 is 0. The molecule has 11 rings (SSSR count). The van der Waals surface area contributed by atoms with Gasteiger partial charge in [-0.25, -0.2) is 0 Å². The fourth-order valence-corrected chi connectivity index (χ4v) is 9.55. The maximum absolute atomic E-state index is 2.51. The standard InChI is InChI=1S/C57H39N/c1-5-19-40(20-6-1)43-35-44(41-21-7-2-8-22-41)37-48(36-43)58(56-38-42-23-13-14-28-49(42)50-29-15-16-31-53(50)56)47-33-34-52-51-30-17-18-32-54(51)57(55(52)39-47,45-24-9-3-10-25-45)46-26-11-4-12-27-46/h1-39H. The molecule has 0 radical (unpaired) electrons. The van der Waals surface area contributed by atoms with Crippen LogP contribution < -0.4 is 4.90 Å². The first kappa shape index (κ1) is 33.8. The van der Waals surface area contributed by atoms with Crippen LogP contribution in [0, 0.1) is 0 Å². The molecule has 0 bridgehead atoms. The Morgan fingerprint density at radius 3 is 1.43 bits per heavy atom. The summed E-state index contributed by atoms with van der Waals surface area (Å²) in [6, 6.07) is 87.0. The van der Waals surface area contributed by atoms with Gasteiger partial charge in [0.2, 0.25) is 0 Å². The molecule has 10 aromatic rings. The van der Waals surface area contributed by atoms with E-state index in [2.05, 4.69) is 241 Å². The molecule has 0 saturated heterocycles. The van der Waals surface area contributed by atoms with Gasteiger partial charge in [0.15, 0.2) is 0 Å². The molecule has 58 heavy (non-hydrogen) atoms. The summed E-state index contributed by atoms with van der Waals surface area (Å²) in [5.74, 6) is 0. The molecule has 0 atom stereocenters. The third-order valence-corrected chi connectivity index (χ3v) is 12.1. The fraction of sp³-hybridized carbons (Fsp3) is 0.0175. The third-order valence-electron chi connectivity index (χ3n) is 12.1. The average molecular weight is 738 g/mol. The van der Waals surface area contributed by atoms with Gasteiger partial charge in [0.25, 0.3) is 0 Å². The lowest BCUT2D eigenvalue weighted by atomic mass is 9.67. The van der Waals surface area contributed by atoms with Crippen molar-refractivity contribution >= 4 is 38.6 Å². The summed E-state index contributed by atoms with van der Waals surface area (Å²) in [5.41, 5.74) is 15.1. The Morgan fingerprint density at radius 1 is 0.293 bits per heavy atom. The van der Waals surface area contributed by atoms with Crippen molar-refractivity contribution in [2.24, 2.45) is 0 Å². The average Bonchev–Trinajstić information content (AvgIpc) is 3.60. The molecule has 0 spiro atoms. The zero-order valence-corrected chi connectivity index (χ0v) is 32.0. The predicted octanol–water partition coefficient (Wildman–Crippen LogP) is 15.2. The van der Waals surface area contributed by atoms with E-state index in [1.54, 1.807) is 0 Å². The van der Waals surface area contributed by atoms with Gasteiger partial charge in [0.1, 0.15) is 0 Å². The molecule has 1 nitrogen and oxygen atoms in total. The van der Waals surface area contributed by atoms with Crippen LogP contribution in [0.1, 0.15) is 22.3 Å². The van der Waals surface area contributed by atoms with E-state index >= 15 is 0 Å². The minimum absolute atomic E-state index is 0.525. The molecule has 0 amide bonds. The second-order valence-corrected chi connectivity index (χ2v) is 15.3. The highest BCUT2D eigenvalue weighted by atomic mass is 15.1. The number of nitrogens with zero attached hydrogens (tertiary/aromatic N) is 1. The normalized spacial score (nSPS) is 12.6. The number of fused-ring (bicyclic) bond motifs is 6. The zero-order valence-electron chi connectivity index (χ0n) is 32.0. The van der Waals surface area contributed by atoms with E-state index in [1.165, 1.54) is 77.2 Å². The fourth-order valence-electron chi connectivity index (χ4n) is 9.55. The molecule has 0 aromatic heterocycles. The van der Waals surface area contributed by atoms with Crippen LogP contribution in [0.2, 0.25) is 0 Å². The SMILES string of the molecule is c1ccc(-c2cc(-c3ccccc3)cc(N(c3ccc4c(c3)C(c3ccccc3)(c3ccccc3)c3ccccc3-4)c3cc4ccccc4c4ccccc34)c2)cc1. The van der Waals surface area contributed by atoms with Gasteiger partial charge >= 0.3 is 0 Å². The van der Waals surface area contributed by atoms with Crippen LogP contribution in [0.5, 0.6) is 0 Å². The molecule has 0 aliphatic heterocycles. The first-order chi connectivity index (χ1) is 28.8. The molecule has 272 valence electrons. The van der Waals surface area contributed by atoms with Crippen molar-refractivity contribution in [1.29, 1.82) is 0 Å². The lowest BCUT2D eigenvalue weighted by Crippen LogP contribution is -2.28. The highest BCUT2D eigenvalue weighted by Crippen LogP contribution is 2.57. The van der Waals surface area contributed by atoms with Crippen LogP contribution in [0.4, 0.5) is 17.1 Å². The summed E-state index contributed by atoms with van der Waals surface area (Å²) in [6.07, 6.45) is 0. The maximum Gasteiger partial charge on any atom is 0.0714 e. The number of anilines is 3. The van der Waals surface area contributed by atoms with Gasteiger partial charge in [-0.3, -0.25) is 0 Å². The molecule has 1 aliphatic rings. The molecule has 10 aromatic carbocycles. The highest BCUT2D eigenvalue weighted by Gasteiger charge is 2.46. The van der Waals surface area contributed by atoms with Crippen LogP contribution in [-0.2, 0) is 5.41 Å². The largest absolute Gasteiger partial charge is 0.310 e. The van der Waals surface area contributed by atoms with E-state index in [4.69, 9.17) is 0 Å². The van der Waals surface area contributed by atoms with Crippen LogP contribution in [0.3, 0.4) is 0 Å². The second-order valence-electron chi connectivity index (χ2n) is 15.3. The van der Waals surface area contributed by atoms with E-state index in [1.807, 2.05) is 0 Å². The molecule has 0 saturated carbocycles. The van der Waals surface area contributed by atoms with Crippen molar-refractivity contribution in [2.75, 3.05) is 4.90 Å². The van der Waals surface area contributed by atoms with E-state index in [9.17, 15) is 0 Å². The van der Waals surface area contributed by atoms with Crippen molar-refractivity contribution < 1.29 is 0 Å². The highest BCUT2D eigenvalue weighted by molar-refractivity contribution is 6.14. The number of benzene rings is 10. The Hall–Kier alpha value is -7.48. The van der Waals surface area contributed by atoms with Crippen LogP contribution in [0.25, 0.3) is 54.9 Å². The van der Waals surface area contributed by atoms with E-state index in [-0.39, 0.29) is 0 Å². The molecular formula is C57H39N. The van der Waals surface area contributed by atoms with Crippen molar-refractivity contribution in [2.45, 2.75) is 5.41 Å². The molecule has 0 unspecified atom stereocenters. The van der Waals surface area contributed by atoms with Crippen LogP contribution in [-0.4, -0.2) is 0 Å². The summed E-state index contributed by atoms with van der Waals surface area (Å²) in [7, 11) is 0. The zero-order chi connectivity index (χ0) is 38.5. The maximum atomic E-state index is 2.51. The number of hydrogen-bond acceptors (Lipinski definition) is 1. The number of hydrogen-bond donors (Lipinski definition) is 0. The quantitative estimate of drug-likeness (QED) is 0.147. The van der Waals surface area contributed by atoms with Gasteiger partial charge in [0.05, 0.1) is 11.1 Å².